The van der Waals surface area contributed by atoms with Crippen molar-refractivity contribution in [1.82, 2.24) is 4.90 Å². The first-order chi connectivity index (χ1) is 12.1. The van der Waals surface area contributed by atoms with Gasteiger partial charge < -0.3 is 5.11 Å². The zero-order valence-corrected chi connectivity index (χ0v) is 15.5. The van der Waals surface area contributed by atoms with Crippen molar-refractivity contribution < 1.29 is 5.11 Å². The van der Waals surface area contributed by atoms with Crippen molar-refractivity contribution in [3.63, 3.8) is 0 Å². The summed E-state index contributed by atoms with van der Waals surface area (Å²) in [5, 5.41) is 11.2. The first kappa shape index (κ1) is 16.8. The zero-order chi connectivity index (χ0) is 17.6. The van der Waals surface area contributed by atoms with E-state index in [1.54, 1.807) is 0 Å². The lowest BCUT2D eigenvalue weighted by Gasteiger charge is -2.55. The van der Waals surface area contributed by atoms with Gasteiger partial charge in [-0.3, -0.25) is 4.90 Å². The smallest absolute Gasteiger partial charge is 0.0633 e. The fraction of sp³-hybridized carbons (Fsp3) is 0.478. The second-order valence-corrected chi connectivity index (χ2v) is 8.02. The number of piperidine rings is 1. The number of likely N-dealkylation sites (tertiary alicyclic amines) is 1. The first-order valence-electron chi connectivity index (χ1n) is 9.60. The predicted octanol–water partition coefficient (Wildman–Crippen LogP) is 4.81. The second-order valence-electron chi connectivity index (χ2n) is 8.02. The molecule has 1 aliphatic heterocycles. The van der Waals surface area contributed by atoms with Gasteiger partial charge in [-0.2, -0.15) is 0 Å². The fourth-order valence-electron chi connectivity index (χ4n) is 5.45. The molecule has 2 fully saturated rings. The van der Waals surface area contributed by atoms with E-state index >= 15 is 0 Å². The van der Waals surface area contributed by atoms with Crippen molar-refractivity contribution in [2.45, 2.75) is 51.3 Å². The van der Waals surface area contributed by atoms with Crippen molar-refractivity contribution in [3.8, 4) is 0 Å². The number of aliphatic hydroxyl groups excluding tert-OH is 1. The molecule has 2 nitrogen and oxygen atoms in total. The Balaban J connectivity index is 1.83. The summed E-state index contributed by atoms with van der Waals surface area (Å²) in [7, 11) is 2.27. The van der Waals surface area contributed by atoms with E-state index in [1.165, 1.54) is 28.7 Å². The van der Waals surface area contributed by atoms with Crippen LogP contribution < -0.4 is 0 Å². The Bertz CT molecular complexity index is 694. The lowest BCUT2D eigenvalue weighted by Crippen LogP contribution is -2.53. The predicted molar refractivity (Wildman–Crippen MR) is 102 cm³/mol. The van der Waals surface area contributed by atoms with Crippen LogP contribution in [0.2, 0.25) is 0 Å². The van der Waals surface area contributed by atoms with Crippen LogP contribution in [0.25, 0.3) is 0 Å². The van der Waals surface area contributed by atoms with Crippen LogP contribution in [0.4, 0.5) is 0 Å². The molecule has 0 radical (unpaired) electrons. The summed E-state index contributed by atoms with van der Waals surface area (Å²) in [5.74, 6) is 0.676. The van der Waals surface area contributed by atoms with Gasteiger partial charge in [-0.05, 0) is 56.0 Å². The molecule has 132 valence electrons. The van der Waals surface area contributed by atoms with Crippen molar-refractivity contribution in [2.24, 2.45) is 11.8 Å². The minimum atomic E-state index is -0.209. The van der Waals surface area contributed by atoms with Crippen molar-refractivity contribution in [3.05, 3.63) is 70.8 Å². The van der Waals surface area contributed by atoms with E-state index in [4.69, 9.17) is 0 Å². The van der Waals surface area contributed by atoms with Crippen LogP contribution in [-0.2, 0) is 0 Å². The monoisotopic (exact) mass is 335 g/mol. The maximum absolute atomic E-state index is 11.2. The summed E-state index contributed by atoms with van der Waals surface area (Å²) >= 11 is 0. The van der Waals surface area contributed by atoms with Gasteiger partial charge >= 0.3 is 0 Å². The van der Waals surface area contributed by atoms with Crippen molar-refractivity contribution >= 4 is 0 Å². The van der Waals surface area contributed by atoms with E-state index in [9.17, 15) is 5.11 Å². The molecule has 4 atom stereocenters. The summed E-state index contributed by atoms with van der Waals surface area (Å²) in [4.78, 5) is 2.56. The molecule has 2 aromatic carbocycles. The third kappa shape index (κ3) is 2.72. The van der Waals surface area contributed by atoms with Crippen LogP contribution in [0, 0.1) is 25.7 Å². The molecule has 25 heavy (non-hydrogen) atoms. The lowest BCUT2D eigenvalue weighted by molar-refractivity contribution is -0.112. The third-order valence-corrected chi connectivity index (χ3v) is 6.66. The van der Waals surface area contributed by atoms with E-state index in [0.717, 1.165) is 12.8 Å². The largest absolute Gasteiger partial charge is 0.392 e. The van der Waals surface area contributed by atoms with Crippen LogP contribution in [-0.4, -0.2) is 23.2 Å². The van der Waals surface area contributed by atoms with Gasteiger partial charge in [0.2, 0.25) is 0 Å². The summed E-state index contributed by atoms with van der Waals surface area (Å²) in [6.07, 6.45) is 3.27. The van der Waals surface area contributed by atoms with Gasteiger partial charge in [0.1, 0.15) is 0 Å². The van der Waals surface area contributed by atoms with E-state index in [1.807, 2.05) is 0 Å². The molecule has 1 aliphatic carbocycles. The Labute approximate surface area is 151 Å². The highest BCUT2D eigenvalue weighted by Gasteiger charge is 2.50. The fourth-order valence-corrected chi connectivity index (χ4v) is 5.45. The molecule has 2 aromatic rings. The van der Waals surface area contributed by atoms with Crippen LogP contribution >= 0.6 is 0 Å². The molecule has 1 N–H and O–H groups in total. The van der Waals surface area contributed by atoms with Crippen LogP contribution in [0.1, 0.15) is 53.6 Å². The molecule has 1 saturated carbocycles. The topological polar surface area (TPSA) is 23.5 Å². The highest BCUT2D eigenvalue weighted by atomic mass is 16.3. The minimum absolute atomic E-state index is 0.209. The van der Waals surface area contributed by atoms with Gasteiger partial charge in [0, 0.05) is 23.9 Å². The zero-order valence-electron chi connectivity index (χ0n) is 15.5. The van der Waals surface area contributed by atoms with Crippen molar-refractivity contribution in [1.29, 1.82) is 0 Å². The van der Waals surface area contributed by atoms with Gasteiger partial charge in [-0.15, -0.1) is 0 Å². The highest BCUT2D eigenvalue weighted by molar-refractivity contribution is 5.35. The normalized spacial score (nSPS) is 32.6. The SMILES string of the molecule is Cc1ccccc1C1C2CCCC(C2O)C(c2ccccc2C)N1C. The van der Waals surface area contributed by atoms with Crippen LogP contribution in [0.3, 0.4) is 0 Å². The molecule has 2 bridgehead atoms. The average molecular weight is 335 g/mol. The first-order valence-corrected chi connectivity index (χ1v) is 9.60. The molecule has 4 unspecified atom stereocenters. The van der Waals surface area contributed by atoms with Gasteiger partial charge in [0.25, 0.3) is 0 Å². The molecule has 2 aliphatic rings. The Morgan fingerprint density at radius 2 is 1.24 bits per heavy atom. The molecular weight excluding hydrogens is 306 g/mol. The molecule has 1 heterocycles. The average Bonchev–Trinajstić information content (AvgIpc) is 2.60. The molecule has 0 spiro atoms. The number of hydrogen-bond acceptors (Lipinski definition) is 2. The molecule has 0 amide bonds. The summed E-state index contributed by atoms with van der Waals surface area (Å²) in [6, 6.07) is 18.0. The van der Waals surface area contributed by atoms with E-state index in [-0.39, 0.29) is 18.2 Å². The molecular formula is C23H29NO. The lowest BCUT2D eigenvalue weighted by atomic mass is 9.64. The van der Waals surface area contributed by atoms with Gasteiger partial charge in [-0.25, -0.2) is 0 Å². The number of hydrogen-bond donors (Lipinski definition) is 1. The second kappa shape index (κ2) is 6.59. The number of aryl methyl sites for hydroxylation is 2. The number of rotatable bonds is 2. The van der Waals surface area contributed by atoms with Gasteiger partial charge in [0.15, 0.2) is 0 Å². The minimum Gasteiger partial charge on any atom is -0.392 e. The number of fused-ring (bicyclic) bond motifs is 2. The Kier molecular flexibility index (Phi) is 4.43. The number of nitrogens with zero attached hydrogens (tertiary/aromatic N) is 1. The maximum Gasteiger partial charge on any atom is 0.0633 e. The quantitative estimate of drug-likeness (QED) is 0.851. The van der Waals surface area contributed by atoms with E-state index in [0.29, 0.717) is 11.8 Å². The Morgan fingerprint density at radius 1 is 0.800 bits per heavy atom. The molecule has 0 aromatic heterocycles. The maximum atomic E-state index is 11.2. The summed E-state index contributed by atoms with van der Waals surface area (Å²) in [5.41, 5.74) is 5.43. The van der Waals surface area contributed by atoms with Crippen LogP contribution in [0.15, 0.2) is 48.5 Å². The summed E-state index contributed by atoms with van der Waals surface area (Å²) in [6.45, 7) is 4.40. The van der Waals surface area contributed by atoms with Crippen molar-refractivity contribution in [2.75, 3.05) is 7.05 Å². The van der Waals surface area contributed by atoms with E-state index in [2.05, 4.69) is 74.3 Å². The molecule has 2 heteroatoms. The Hall–Kier alpha value is -1.64. The third-order valence-electron chi connectivity index (χ3n) is 6.66. The standard InChI is InChI=1S/C23H29NO/c1-15-9-4-6-11-17(15)21-19-13-8-14-20(23(19)25)22(24(21)3)18-12-7-5-10-16(18)2/h4-7,9-12,19-23,25H,8,13-14H2,1-3H3. The number of aliphatic hydroxyl groups is 1. The Morgan fingerprint density at radius 3 is 1.68 bits per heavy atom. The van der Waals surface area contributed by atoms with Crippen LogP contribution in [0.5, 0.6) is 0 Å². The van der Waals surface area contributed by atoms with Gasteiger partial charge in [0.05, 0.1) is 6.10 Å². The molecule has 4 rings (SSSR count). The number of benzene rings is 2. The molecule has 1 saturated heterocycles. The van der Waals surface area contributed by atoms with E-state index < -0.39 is 0 Å². The summed E-state index contributed by atoms with van der Waals surface area (Å²) < 4.78 is 0. The van der Waals surface area contributed by atoms with Gasteiger partial charge in [-0.1, -0.05) is 55.0 Å². The highest BCUT2D eigenvalue weighted by Crippen LogP contribution is 2.53.